The number of aldehydes is 1. The van der Waals surface area contributed by atoms with E-state index in [1.165, 1.54) is 11.8 Å². The number of fused-ring (bicyclic) bond motifs is 1. The second-order valence-electron chi connectivity index (χ2n) is 4.65. The highest BCUT2D eigenvalue weighted by Gasteiger charge is 2.06. The molecule has 0 spiro atoms. The summed E-state index contributed by atoms with van der Waals surface area (Å²) >= 11 is 1.46. The van der Waals surface area contributed by atoms with Crippen molar-refractivity contribution < 1.29 is 4.79 Å². The number of hydrogen-bond donors (Lipinski definition) is 0. The number of benzene rings is 1. The van der Waals surface area contributed by atoms with Gasteiger partial charge in [-0.25, -0.2) is 4.98 Å². The number of aromatic nitrogens is 2. The monoisotopic (exact) mass is 264 g/mol. The fraction of sp³-hybridized carbons (Fsp3) is 0.429. The van der Waals surface area contributed by atoms with Gasteiger partial charge in [0.2, 0.25) is 0 Å². The molecule has 2 rings (SSSR count). The van der Waals surface area contributed by atoms with Gasteiger partial charge in [0.15, 0.2) is 5.16 Å². The third kappa shape index (κ3) is 4.18. The molecule has 2 aromatic rings. The van der Waals surface area contributed by atoms with E-state index in [2.05, 4.69) is 25.8 Å². The van der Waals surface area contributed by atoms with Crippen LogP contribution in [0.15, 0.2) is 29.4 Å². The van der Waals surface area contributed by atoms with E-state index in [-0.39, 0.29) is 0 Å². The predicted molar refractivity (Wildman–Crippen MR) is 78.0 cm³/mol. The average molecular weight is 264 g/mol. The minimum Gasteiger partial charge on any atom is -0.322 e. The molecule has 0 unspecified atom stereocenters. The molecule has 0 aliphatic heterocycles. The molecular weight excluding hydrogens is 244 g/mol. The van der Waals surface area contributed by atoms with Crippen LogP contribution >= 0.6 is 11.8 Å². The molecule has 0 saturated heterocycles. The van der Waals surface area contributed by atoms with Crippen LogP contribution in [0.5, 0.6) is 0 Å². The van der Waals surface area contributed by atoms with Gasteiger partial charge >= 0.3 is 0 Å². The predicted octanol–water partition coefficient (Wildman–Crippen LogP) is 3.53. The maximum Gasteiger partial charge on any atom is 0.169 e. The number of carbonyl (C=O) groups excluding carboxylic acids is 1. The molecule has 0 radical (unpaired) electrons. The van der Waals surface area contributed by atoms with Crippen molar-refractivity contribution in [2.75, 3.05) is 5.75 Å². The first-order chi connectivity index (χ1) is 8.56. The summed E-state index contributed by atoms with van der Waals surface area (Å²) in [5.74, 6) is 1.29. The van der Waals surface area contributed by atoms with Gasteiger partial charge in [0, 0.05) is 7.05 Å². The van der Waals surface area contributed by atoms with Crippen LogP contribution in [0.3, 0.4) is 0 Å². The minimum absolute atomic E-state index is 0.456. The molecule has 0 saturated carbocycles. The summed E-state index contributed by atoms with van der Waals surface area (Å²) in [6, 6.07) is 7.94. The summed E-state index contributed by atoms with van der Waals surface area (Å²) < 4.78 is 2.00. The molecule has 1 heterocycles. The Morgan fingerprint density at radius 3 is 2.50 bits per heavy atom. The number of thioether (sulfide) groups is 1. The van der Waals surface area contributed by atoms with Crippen molar-refractivity contribution in [3.63, 3.8) is 0 Å². The van der Waals surface area contributed by atoms with E-state index in [1.54, 1.807) is 0 Å². The van der Waals surface area contributed by atoms with Gasteiger partial charge in [-0.05, 0) is 18.1 Å². The number of carbonyl (C=O) groups is 1. The van der Waals surface area contributed by atoms with Crippen LogP contribution in [0.1, 0.15) is 20.8 Å². The lowest BCUT2D eigenvalue weighted by molar-refractivity contribution is -0.105. The maximum absolute atomic E-state index is 10.2. The lowest BCUT2D eigenvalue weighted by Crippen LogP contribution is -1.91. The highest BCUT2D eigenvalue weighted by molar-refractivity contribution is 7.99. The number of aryl methyl sites for hydroxylation is 1. The summed E-state index contributed by atoms with van der Waals surface area (Å²) in [5, 5.41) is 0.887. The lowest BCUT2D eigenvalue weighted by atomic mass is 10.3. The van der Waals surface area contributed by atoms with Crippen molar-refractivity contribution >= 4 is 29.1 Å². The molecule has 4 heteroatoms. The van der Waals surface area contributed by atoms with Crippen molar-refractivity contribution in [1.29, 1.82) is 0 Å². The molecule has 98 valence electrons. The highest BCUT2D eigenvalue weighted by Crippen LogP contribution is 2.21. The molecule has 1 aromatic carbocycles. The van der Waals surface area contributed by atoms with Crippen molar-refractivity contribution in [3.05, 3.63) is 24.3 Å². The van der Waals surface area contributed by atoms with Crippen molar-refractivity contribution in [3.8, 4) is 0 Å². The number of nitrogens with zero attached hydrogens (tertiary/aromatic N) is 2. The van der Waals surface area contributed by atoms with E-state index in [0.29, 0.717) is 5.75 Å². The Hall–Kier alpha value is -1.29. The summed E-state index contributed by atoms with van der Waals surface area (Å²) in [6.45, 7) is 6.50. The van der Waals surface area contributed by atoms with Gasteiger partial charge in [-0.2, -0.15) is 0 Å². The Labute approximate surface area is 113 Å². The molecule has 3 nitrogen and oxygen atoms in total. The minimum atomic E-state index is 0.456. The first-order valence-corrected chi connectivity index (χ1v) is 7.02. The standard InChI is InChI=1S/C10H10N2OS.C4H10/c1-12-9-5-3-2-4-8(9)11-10(12)14-7-6-13;1-4(2)3/h2-6H,7H2,1H3;4H,1-3H3. The zero-order valence-corrected chi connectivity index (χ0v) is 12.2. The molecule has 0 aliphatic rings. The van der Waals surface area contributed by atoms with Crippen LogP contribution in [0, 0.1) is 5.92 Å². The van der Waals surface area contributed by atoms with Gasteiger partial charge in [-0.1, -0.05) is 44.7 Å². The molecule has 1 aromatic heterocycles. The number of imidazole rings is 1. The second kappa shape index (κ2) is 7.21. The zero-order chi connectivity index (χ0) is 13.5. The molecular formula is C14H20N2OS. The Morgan fingerprint density at radius 2 is 1.94 bits per heavy atom. The molecule has 0 atom stereocenters. The topological polar surface area (TPSA) is 34.9 Å². The van der Waals surface area contributed by atoms with E-state index < -0.39 is 0 Å². The summed E-state index contributed by atoms with van der Waals surface area (Å²) in [5.41, 5.74) is 2.07. The molecule has 0 bridgehead atoms. The van der Waals surface area contributed by atoms with E-state index in [4.69, 9.17) is 0 Å². The lowest BCUT2D eigenvalue weighted by Gasteiger charge is -1.97. The van der Waals surface area contributed by atoms with E-state index >= 15 is 0 Å². The summed E-state index contributed by atoms with van der Waals surface area (Å²) in [6.07, 6.45) is 0.893. The van der Waals surface area contributed by atoms with E-state index in [9.17, 15) is 4.79 Å². The second-order valence-corrected chi connectivity index (χ2v) is 5.64. The maximum atomic E-state index is 10.2. The average Bonchev–Trinajstić information content (AvgIpc) is 2.64. The Kier molecular flexibility index (Phi) is 5.92. The van der Waals surface area contributed by atoms with Gasteiger partial charge in [0.05, 0.1) is 16.8 Å². The number of para-hydroxylation sites is 2. The molecule has 0 N–H and O–H groups in total. The third-order valence-electron chi connectivity index (χ3n) is 2.03. The number of rotatable bonds is 3. The van der Waals surface area contributed by atoms with Gasteiger partial charge in [-0.3, -0.25) is 0 Å². The van der Waals surface area contributed by atoms with Gasteiger partial charge in [0.1, 0.15) is 6.29 Å². The fourth-order valence-electron chi connectivity index (χ4n) is 1.36. The molecule has 0 amide bonds. The van der Waals surface area contributed by atoms with Crippen molar-refractivity contribution in [2.45, 2.75) is 25.9 Å². The van der Waals surface area contributed by atoms with Gasteiger partial charge in [0.25, 0.3) is 0 Å². The van der Waals surface area contributed by atoms with Crippen LogP contribution in [0.25, 0.3) is 11.0 Å². The SMILES string of the molecule is CC(C)C.Cn1c(SCC=O)nc2ccccc21. The zero-order valence-electron chi connectivity index (χ0n) is 11.4. The Morgan fingerprint density at radius 1 is 1.33 bits per heavy atom. The third-order valence-corrected chi connectivity index (χ3v) is 2.95. The fourth-order valence-corrected chi connectivity index (χ4v) is 2.03. The first kappa shape index (κ1) is 14.8. The smallest absolute Gasteiger partial charge is 0.169 e. The largest absolute Gasteiger partial charge is 0.322 e. The van der Waals surface area contributed by atoms with E-state index in [1.807, 2.05) is 35.9 Å². The Bertz CT molecular complexity index is 503. The summed E-state index contributed by atoms with van der Waals surface area (Å²) in [7, 11) is 1.96. The van der Waals surface area contributed by atoms with Crippen LogP contribution in [-0.2, 0) is 11.8 Å². The van der Waals surface area contributed by atoms with Gasteiger partial charge in [-0.15, -0.1) is 0 Å². The van der Waals surface area contributed by atoms with Crippen LogP contribution in [0.2, 0.25) is 0 Å². The number of hydrogen-bond acceptors (Lipinski definition) is 3. The normalized spacial score (nSPS) is 10.3. The van der Waals surface area contributed by atoms with E-state index in [0.717, 1.165) is 28.4 Å². The highest BCUT2D eigenvalue weighted by atomic mass is 32.2. The van der Waals surface area contributed by atoms with Crippen LogP contribution in [0.4, 0.5) is 0 Å². The van der Waals surface area contributed by atoms with Crippen LogP contribution in [-0.4, -0.2) is 21.6 Å². The molecule has 0 aliphatic carbocycles. The molecule has 0 fully saturated rings. The summed E-state index contributed by atoms with van der Waals surface area (Å²) in [4.78, 5) is 14.7. The molecule has 18 heavy (non-hydrogen) atoms. The van der Waals surface area contributed by atoms with Gasteiger partial charge < -0.3 is 9.36 Å². The van der Waals surface area contributed by atoms with Crippen molar-refractivity contribution in [1.82, 2.24) is 9.55 Å². The van der Waals surface area contributed by atoms with Crippen LogP contribution < -0.4 is 0 Å². The first-order valence-electron chi connectivity index (χ1n) is 6.04. The quantitative estimate of drug-likeness (QED) is 0.628. The van der Waals surface area contributed by atoms with Crippen molar-refractivity contribution in [2.24, 2.45) is 13.0 Å². The Balaban J connectivity index is 0.000000357.